The molecule has 2 N–H and O–H groups in total. The molecule has 2 saturated carbocycles. The fraction of sp³-hybridized carbons (Fsp3) is 0.550. The van der Waals surface area contributed by atoms with Crippen molar-refractivity contribution in [2.45, 2.75) is 51.5 Å². The third-order valence-electron chi connectivity index (χ3n) is 6.23. The Morgan fingerprint density at radius 3 is 2.58 bits per heavy atom. The van der Waals surface area contributed by atoms with Crippen LogP contribution in [0.1, 0.15) is 55.8 Å². The highest BCUT2D eigenvalue weighted by molar-refractivity contribution is 6.01. The number of fused-ring (bicyclic) bond motifs is 2. The molecule has 1 aliphatic heterocycles. The van der Waals surface area contributed by atoms with Gasteiger partial charge in [-0.25, -0.2) is 5.01 Å². The predicted octanol–water partition coefficient (Wildman–Crippen LogP) is 2.40. The summed E-state index contributed by atoms with van der Waals surface area (Å²) < 4.78 is 0. The topological polar surface area (TPSA) is 78.5 Å². The van der Waals surface area contributed by atoms with Gasteiger partial charge in [0.25, 0.3) is 5.91 Å². The lowest BCUT2D eigenvalue weighted by molar-refractivity contribution is -0.130. The molecule has 4 atom stereocenters. The fourth-order valence-electron chi connectivity index (χ4n) is 4.85. The van der Waals surface area contributed by atoms with Gasteiger partial charge in [0.15, 0.2) is 0 Å². The Morgan fingerprint density at radius 2 is 1.92 bits per heavy atom. The summed E-state index contributed by atoms with van der Waals surface area (Å²) in [6, 6.07) is 6.97. The van der Waals surface area contributed by atoms with Crippen LogP contribution in [0.2, 0.25) is 0 Å². The second-order valence-corrected chi connectivity index (χ2v) is 7.91. The number of nitrogens with zero attached hydrogens (tertiary/aromatic N) is 1. The van der Waals surface area contributed by atoms with Gasteiger partial charge >= 0.3 is 0 Å². The quantitative estimate of drug-likeness (QED) is 0.870. The van der Waals surface area contributed by atoms with E-state index in [9.17, 15) is 14.4 Å². The average Bonchev–Trinajstić information content (AvgIpc) is 3.27. The van der Waals surface area contributed by atoms with Crippen LogP contribution in [0, 0.1) is 17.8 Å². The zero-order valence-electron chi connectivity index (χ0n) is 15.0. The third-order valence-corrected chi connectivity index (χ3v) is 6.23. The van der Waals surface area contributed by atoms with E-state index in [1.54, 1.807) is 24.3 Å². The van der Waals surface area contributed by atoms with Gasteiger partial charge in [0.05, 0.1) is 5.69 Å². The summed E-state index contributed by atoms with van der Waals surface area (Å²) in [6.07, 6.45) is 5.65. The van der Waals surface area contributed by atoms with E-state index in [1.165, 1.54) is 30.7 Å². The van der Waals surface area contributed by atoms with Gasteiger partial charge in [0.2, 0.25) is 11.8 Å². The normalized spacial score (nSPS) is 28.8. The van der Waals surface area contributed by atoms with E-state index in [2.05, 4.69) is 17.7 Å². The highest BCUT2D eigenvalue weighted by Gasteiger charge is 2.42. The summed E-state index contributed by atoms with van der Waals surface area (Å²) in [5, 5.41) is 4.40. The molecule has 3 amide bonds. The molecule has 1 saturated heterocycles. The fourth-order valence-corrected chi connectivity index (χ4v) is 4.85. The van der Waals surface area contributed by atoms with E-state index in [4.69, 9.17) is 0 Å². The Balaban J connectivity index is 1.39. The van der Waals surface area contributed by atoms with Crippen molar-refractivity contribution in [1.29, 1.82) is 0 Å². The Labute approximate surface area is 153 Å². The van der Waals surface area contributed by atoms with Crippen molar-refractivity contribution in [2.24, 2.45) is 17.8 Å². The van der Waals surface area contributed by atoms with Crippen LogP contribution >= 0.6 is 0 Å². The largest absolute Gasteiger partial charge is 0.349 e. The first-order valence-electron chi connectivity index (χ1n) is 9.54. The first kappa shape index (κ1) is 17.1. The molecule has 1 heterocycles. The van der Waals surface area contributed by atoms with E-state index in [-0.39, 0.29) is 36.6 Å². The van der Waals surface area contributed by atoms with Crippen LogP contribution in [0.15, 0.2) is 24.3 Å². The van der Waals surface area contributed by atoms with Crippen molar-refractivity contribution in [2.75, 3.05) is 5.01 Å². The Kier molecular flexibility index (Phi) is 4.42. The summed E-state index contributed by atoms with van der Waals surface area (Å²) in [5.74, 6) is 1.82. The molecule has 26 heavy (non-hydrogen) atoms. The van der Waals surface area contributed by atoms with Crippen LogP contribution in [0.4, 0.5) is 5.69 Å². The average molecular weight is 355 g/mol. The predicted molar refractivity (Wildman–Crippen MR) is 97.2 cm³/mol. The molecule has 0 spiro atoms. The minimum Gasteiger partial charge on any atom is -0.349 e. The van der Waals surface area contributed by atoms with Crippen LogP contribution in [-0.4, -0.2) is 23.8 Å². The summed E-state index contributed by atoms with van der Waals surface area (Å²) in [7, 11) is 0. The molecule has 6 nitrogen and oxygen atoms in total. The molecule has 4 rings (SSSR count). The van der Waals surface area contributed by atoms with Crippen molar-refractivity contribution < 1.29 is 14.4 Å². The molecule has 0 radical (unpaired) electrons. The summed E-state index contributed by atoms with van der Waals surface area (Å²) >= 11 is 0. The van der Waals surface area contributed by atoms with Gasteiger partial charge in [0.1, 0.15) is 0 Å². The van der Waals surface area contributed by atoms with Gasteiger partial charge in [-0.2, -0.15) is 0 Å². The molecular formula is C20H25N3O3. The number of benzene rings is 1. The van der Waals surface area contributed by atoms with Crippen LogP contribution in [0.5, 0.6) is 0 Å². The number of carbonyl (C=O) groups excluding carboxylic acids is 3. The molecule has 4 unspecified atom stereocenters. The Hall–Kier alpha value is -2.37. The van der Waals surface area contributed by atoms with Crippen LogP contribution in [0.3, 0.4) is 0 Å². The first-order chi connectivity index (χ1) is 12.5. The van der Waals surface area contributed by atoms with E-state index < -0.39 is 0 Å². The van der Waals surface area contributed by atoms with Gasteiger partial charge in [-0.15, -0.1) is 0 Å². The van der Waals surface area contributed by atoms with Gasteiger partial charge in [-0.05, 0) is 68.2 Å². The molecule has 3 fully saturated rings. The number of rotatable bonds is 4. The number of hydrogen-bond donors (Lipinski definition) is 2. The number of amides is 3. The van der Waals surface area contributed by atoms with Crippen LogP contribution < -0.4 is 15.8 Å². The van der Waals surface area contributed by atoms with Gasteiger partial charge in [0, 0.05) is 24.4 Å². The molecule has 138 valence electrons. The van der Waals surface area contributed by atoms with Gasteiger partial charge in [-0.3, -0.25) is 19.8 Å². The van der Waals surface area contributed by atoms with E-state index in [0.29, 0.717) is 17.2 Å². The first-order valence-corrected chi connectivity index (χ1v) is 9.54. The Bertz CT molecular complexity index is 730. The van der Waals surface area contributed by atoms with Crippen molar-refractivity contribution >= 4 is 23.4 Å². The van der Waals surface area contributed by atoms with Crippen LogP contribution in [-0.2, 0) is 9.59 Å². The summed E-state index contributed by atoms with van der Waals surface area (Å²) in [6.45, 7) is 2.11. The molecule has 0 aromatic heterocycles. The summed E-state index contributed by atoms with van der Waals surface area (Å²) in [4.78, 5) is 36.0. The molecule has 6 heteroatoms. The Morgan fingerprint density at radius 1 is 1.15 bits per heavy atom. The van der Waals surface area contributed by atoms with E-state index >= 15 is 0 Å². The van der Waals surface area contributed by atoms with Gasteiger partial charge in [-0.1, -0.05) is 6.42 Å². The second kappa shape index (κ2) is 6.74. The third kappa shape index (κ3) is 3.20. The lowest BCUT2D eigenvalue weighted by atomic mass is 9.84. The molecule has 2 bridgehead atoms. The van der Waals surface area contributed by atoms with Crippen LogP contribution in [0.25, 0.3) is 0 Å². The smallest absolute Gasteiger partial charge is 0.251 e. The maximum absolute atomic E-state index is 12.6. The second-order valence-electron chi connectivity index (χ2n) is 7.91. The van der Waals surface area contributed by atoms with E-state index in [0.717, 1.165) is 11.8 Å². The zero-order chi connectivity index (χ0) is 18.3. The monoisotopic (exact) mass is 355 g/mol. The lowest BCUT2D eigenvalue weighted by Crippen LogP contribution is -2.50. The number of hydrogen-bond acceptors (Lipinski definition) is 3. The SMILES string of the molecule is CC(NC(=O)c1ccc(N2NC(=O)CCC2=O)cc1)C1CC2CCC1C2. The van der Waals surface area contributed by atoms with Crippen molar-refractivity contribution in [3.8, 4) is 0 Å². The lowest BCUT2D eigenvalue weighted by Gasteiger charge is -2.29. The highest BCUT2D eigenvalue weighted by atomic mass is 16.2. The maximum atomic E-state index is 12.6. The number of hydrazine groups is 1. The van der Waals surface area contributed by atoms with Crippen molar-refractivity contribution in [3.63, 3.8) is 0 Å². The zero-order valence-corrected chi connectivity index (χ0v) is 15.0. The van der Waals surface area contributed by atoms with Crippen molar-refractivity contribution in [1.82, 2.24) is 10.7 Å². The van der Waals surface area contributed by atoms with Crippen molar-refractivity contribution in [3.05, 3.63) is 29.8 Å². The van der Waals surface area contributed by atoms with Gasteiger partial charge < -0.3 is 5.32 Å². The van der Waals surface area contributed by atoms with E-state index in [1.807, 2.05) is 0 Å². The molecule has 1 aromatic rings. The maximum Gasteiger partial charge on any atom is 0.251 e. The number of carbonyl (C=O) groups is 3. The highest BCUT2D eigenvalue weighted by Crippen LogP contribution is 2.49. The standard InChI is InChI=1S/C20H25N3O3/c1-12(17-11-13-2-3-15(17)10-13)21-20(26)14-4-6-16(7-5-14)23-19(25)9-8-18(24)22-23/h4-7,12-13,15,17H,2-3,8-11H2,1H3,(H,21,26)(H,22,24). The molecular weight excluding hydrogens is 330 g/mol. The number of nitrogens with one attached hydrogen (secondary N) is 2. The molecule has 2 aliphatic carbocycles. The minimum absolute atomic E-state index is 0.0826. The molecule has 3 aliphatic rings. The number of anilines is 1. The summed E-state index contributed by atoms with van der Waals surface area (Å²) in [5.41, 5.74) is 3.70. The molecule has 1 aromatic carbocycles. The minimum atomic E-state index is -0.175.